The lowest BCUT2D eigenvalue weighted by atomic mass is 10.1. The molecule has 0 atom stereocenters. The second-order valence-corrected chi connectivity index (χ2v) is 5.59. The third-order valence-electron chi connectivity index (χ3n) is 3.42. The summed E-state index contributed by atoms with van der Waals surface area (Å²) in [6.45, 7) is -0.372. The highest BCUT2D eigenvalue weighted by Crippen LogP contribution is 2.27. The monoisotopic (exact) mass is 388 g/mol. The van der Waals surface area contributed by atoms with Crippen molar-refractivity contribution in [2.75, 3.05) is 19.0 Å². The Kier molecular flexibility index (Phi) is 6.30. The molecule has 0 heterocycles. The molecule has 0 saturated heterocycles. The Morgan fingerprint density at radius 1 is 1.30 bits per heavy atom. The van der Waals surface area contributed by atoms with Crippen LogP contribution in [0.15, 0.2) is 36.4 Å². The van der Waals surface area contributed by atoms with Gasteiger partial charge in [0.25, 0.3) is 5.91 Å². The number of anilines is 1. The number of ether oxygens (including phenoxy) is 1. The van der Waals surface area contributed by atoms with Gasteiger partial charge in [-0.3, -0.25) is 19.7 Å². The summed E-state index contributed by atoms with van der Waals surface area (Å²) in [7, 11) is 1.28. The molecular formula is C17H13ClN4O5. The summed E-state index contributed by atoms with van der Waals surface area (Å²) in [6, 6.07) is 9.96. The number of carbonyl (C=O) groups excluding carboxylic acids is 2. The summed E-state index contributed by atoms with van der Waals surface area (Å²) >= 11 is 5.81. The summed E-state index contributed by atoms with van der Waals surface area (Å²) in [4.78, 5) is 34.4. The van der Waals surface area contributed by atoms with Gasteiger partial charge in [0.15, 0.2) is 5.75 Å². The predicted molar refractivity (Wildman–Crippen MR) is 96.8 cm³/mol. The summed E-state index contributed by atoms with van der Waals surface area (Å²) < 4.78 is 4.86. The molecule has 2 aromatic rings. The third-order valence-corrected chi connectivity index (χ3v) is 3.75. The van der Waals surface area contributed by atoms with Crippen LogP contribution in [0.2, 0.25) is 5.02 Å². The molecule has 0 aliphatic heterocycles. The summed E-state index contributed by atoms with van der Waals surface area (Å²) in [6.07, 6.45) is 0. The van der Waals surface area contributed by atoms with Crippen molar-refractivity contribution in [2.45, 2.75) is 0 Å². The van der Waals surface area contributed by atoms with Crippen LogP contribution in [0.4, 0.5) is 11.4 Å². The number of nitro groups is 1. The van der Waals surface area contributed by atoms with E-state index in [0.717, 1.165) is 6.07 Å². The van der Waals surface area contributed by atoms with Crippen molar-refractivity contribution in [1.29, 1.82) is 5.26 Å². The van der Waals surface area contributed by atoms with Crippen LogP contribution in [0.1, 0.15) is 15.9 Å². The van der Waals surface area contributed by atoms with Crippen LogP contribution in [-0.2, 0) is 4.79 Å². The van der Waals surface area contributed by atoms with Crippen molar-refractivity contribution in [1.82, 2.24) is 5.32 Å². The number of nitro benzene ring substituents is 1. The van der Waals surface area contributed by atoms with E-state index in [1.54, 1.807) is 0 Å². The number of amides is 2. The van der Waals surface area contributed by atoms with Crippen molar-refractivity contribution in [3.8, 4) is 11.8 Å². The van der Waals surface area contributed by atoms with Gasteiger partial charge in [-0.2, -0.15) is 5.26 Å². The zero-order valence-corrected chi connectivity index (χ0v) is 14.7. The van der Waals surface area contributed by atoms with E-state index in [0.29, 0.717) is 5.69 Å². The quantitative estimate of drug-likeness (QED) is 0.576. The highest BCUT2D eigenvalue weighted by molar-refractivity contribution is 6.31. The fourth-order valence-corrected chi connectivity index (χ4v) is 2.29. The van der Waals surface area contributed by atoms with Crippen LogP contribution >= 0.6 is 11.6 Å². The molecule has 27 heavy (non-hydrogen) atoms. The number of nitriles is 1. The molecule has 0 aliphatic carbocycles. The number of nitrogens with zero attached hydrogens (tertiary/aromatic N) is 2. The zero-order chi connectivity index (χ0) is 20.0. The first-order valence-corrected chi connectivity index (χ1v) is 7.83. The average molecular weight is 389 g/mol. The summed E-state index contributed by atoms with van der Waals surface area (Å²) in [5.41, 5.74) is 0.188. The van der Waals surface area contributed by atoms with E-state index in [9.17, 15) is 19.7 Å². The Labute approximate surface area is 158 Å². The summed E-state index contributed by atoms with van der Waals surface area (Å²) in [5.74, 6) is -1.19. The molecule has 0 bridgehead atoms. The zero-order valence-electron chi connectivity index (χ0n) is 14.0. The predicted octanol–water partition coefficient (Wildman–Crippen LogP) is 2.50. The first-order valence-electron chi connectivity index (χ1n) is 7.46. The largest absolute Gasteiger partial charge is 0.490 e. The maximum Gasteiger partial charge on any atom is 0.311 e. The molecule has 0 radical (unpaired) electrons. The second kappa shape index (κ2) is 8.64. The number of nitrogens with one attached hydrogen (secondary N) is 2. The van der Waals surface area contributed by atoms with Crippen LogP contribution < -0.4 is 15.4 Å². The van der Waals surface area contributed by atoms with Gasteiger partial charge in [0.05, 0.1) is 29.2 Å². The standard InChI is InChI=1S/C17H13ClN4O5/c1-27-15-5-2-10(7-14(15)22(25)26)17(24)20-9-16(23)21-12-3-4-13(18)11(6-12)8-19/h2-7H,9H2,1H3,(H,20,24)(H,21,23). The molecule has 10 heteroatoms. The van der Waals surface area contributed by atoms with Gasteiger partial charge < -0.3 is 15.4 Å². The van der Waals surface area contributed by atoms with Gasteiger partial charge in [-0.25, -0.2) is 0 Å². The van der Waals surface area contributed by atoms with Gasteiger partial charge >= 0.3 is 5.69 Å². The van der Waals surface area contributed by atoms with Crippen molar-refractivity contribution >= 4 is 34.8 Å². The van der Waals surface area contributed by atoms with E-state index in [4.69, 9.17) is 21.6 Å². The van der Waals surface area contributed by atoms with Gasteiger partial charge in [0.2, 0.25) is 5.91 Å². The van der Waals surface area contributed by atoms with Crippen LogP contribution in [0.25, 0.3) is 0 Å². The number of carbonyl (C=O) groups is 2. The molecule has 0 spiro atoms. The van der Waals surface area contributed by atoms with E-state index in [1.807, 2.05) is 6.07 Å². The minimum absolute atomic E-state index is 0.00793. The molecule has 0 fully saturated rings. The Hall–Kier alpha value is -3.64. The number of benzene rings is 2. The molecule has 2 rings (SSSR count). The van der Waals surface area contributed by atoms with Crippen LogP contribution in [0.5, 0.6) is 5.75 Å². The molecule has 2 amide bonds. The highest BCUT2D eigenvalue weighted by atomic mass is 35.5. The molecular weight excluding hydrogens is 376 g/mol. The van der Waals surface area contributed by atoms with E-state index in [1.165, 1.54) is 37.4 Å². The van der Waals surface area contributed by atoms with Crippen LogP contribution in [-0.4, -0.2) is 30.4 Å². The Morgan fingerprint density at radius 2 is 2.04 bits per heavy atom. The molecule has 0 aromatic heterocycles. The van der Waals surface area contributed by atoms with Crippen LogP contribution in [0, 0.1) is 21.4 Å². The van der Waals surface area contributed by atoms with Crippen molar-refractivity contribution in [3.63, 3.8) is 0 Å². The normalized spacial score (nSPS) is 9.81. The minimum Gasteiger partial charge on any atom is -0.490 e. The average Bonchev–Trinajstić information content (AvgIpc) is 2.66. The van der Waals surface area contributed by atoms with Gasteiger partial charge in [0.1, 0.15) is 6.07 Å². The smallest absolute Gasteiger partial charge is 0.311 e. The van der Waals surface area contributed by atoms with Crippen LogP contribution in [0.3, 0.4) is 0 Å². The van der Waals surface area contributed by atoms with Gasteiger partial charge in [-0.15, -0.1) is 0 Å². The van der Waals surface area contributed by atoms with E-state index in [2.05, 4.69) is 10.6 Å². The van der Waals surface area contributed by atoms with E-state index in [-0.39, 0.29) is 34.1 Å². The fourth-order valence-electron chi connectivity index (χ4n) is 2.13. The Balaban J connectivity index is 2.01. The maximum atomic E-state index is 12.1. The molecule has 0 saturated carbocycles. The molecule has 2 aromatic carbocycles. The lowest BCUT2D eigenvalue weighted by molar-refractivity contribution is -0.385. The number of hydrogen-bond acceptors (Lipinski definition) is 6. The molecule has 138 valence electrons. The van der Waals surface area contributed by atoms with Gasteiger partial charge in [-0.1, -0.05) is 11.6 Å². The Morgan fingerprint density at radius 3 is 2.67 bits per heavy atom. The first-order chi connectivity index (χ1) is 12.8. The second-order valence-electron chi connectivity index (χ2n) is 5.18. The summed E-state index contributed by atoms with van der Waals surface area (Å²) in [5, 5.41) is 25.0. The number of halogens is 1. The number of rotatable bonds is 6. The van der Waals surface area contributed by atoms with Crippen molar-refractivity contribution in [2.24, 2.45) is 0 Å². The minimum atomic E-state index is -0.671. The molecule has 0 aliphatic rings. The third kappa shape index (κ3) is 4.93. The Bertz CT molecular complexity index is 955. The van der Waals surface area contributed by atoms with Crippen molar-refractivity contribution in [3.05, 3.63) is 62.7 Å². The molecule has 0 unspecified atom stereocenters. The topological polar surface area (TPSA) is 134 Å². The lowest BCUT2D eigenvalue weighted by Gasteiger charge is -2.08. The number of methoxy groups -OCH3 is 1. The lowest BCUT2D eigenvalue weighted by Crippen LogP contribution is -2.32. The fraction of sp³-hybridized carbons (Fsp3) is 0.118. The van der Waals surface area contributed by atoms with E-state index < -0.39 is 16.7 Å². The van der Waals surface area contributed by atoms with Gasteiger partial charge in [0, 0.05) is 17.3 Å². The van der Waals surface area contributed by atoms with Crippen molar-refractivity contribution < 1.29 is 19.2 Å². The molecule has 2 N–H and O–H groups in total. The SMILES string of the molecule is COc1ccc(C(=O)NCC(=O)Nc2ccc(Cl)c(C#N)c2)cc1[N+](=O)[O-]. The van der Waals surface area contributed by atoms with E-state index >= 15 is 0 Å². The highest BCUT2D eigenvalue weighted by Gasteiger charge is 2.18. The maximum absolute atomic E-state index is 12.1. The molecule has 9 nitrogen and oxygen atoms in total. The number of hydrogen-bond donors (Lipinski definition) is 2. The first kappa shape index (κ1) is 19.7. The van der Waals surface area contributed by atoms with Gasteiger partial charge in [-0.05, 0) is 30.3 Å².